The third-order valence-corrected chi connectivity index (χ3v) is 7.80. The topological polar surface area (TPSA) is 149 Å². The monoisotopic (exact) mass is 639 g/mol. The quantitative estimate of drug-likeness (QED) is 0.316. The van der Waals surface area contributed by atoms with E-state index in [0.29, 0.717) is 23.3 Å². The second-order valence-corrected chi connectivity index (χ2v) is 11.1. The first kappa shape index (κ1) is 31.1. The Balaban J connectivity index is 1.31. The van der Waals surface area contributed by atoms with Crippen LogP contribution in [-0.4, -0.2) is 77.5 Å². The third-order valence-electron chi connectivity index (χ3n) is 7.80. The highest BCUT2D eigenvalue weighted by molar-refractivity contribution is 5.96. The van der Waals surface area contributed by atoms with E-state index in [4.69, 9.17) is 14.2 Å². The zero-order valence-electron chi connectivity index (χ0n) is 25.3. The van der Waals surface area contributed by atoms with Gasteiger partial charge in [-0.1, -0.05) is 12.1 Å². The molecular formula is C34H30FN5O7. The van der Waals surface area contributed by atoms with Crippen LogP contribution in [0.2, 0.25) is 0 Å². The first-order chi connectivity index (χ1) is 22.7. The second-order valence-electron chi connectivity index (χ2n) is 11.1. The highest BCUT2D eigenvalue weighted by Crippen LogP contribution is 2.26. The molecule has 0 unspecified atom stereocenters. The van der Waals surface area contributed by atoms with Gasteiger partial charge in [-0.15, -0.1) is 0 Å². The van der Waals surface area contributed by atoms with Crippen LogP contribution >= 0.6 is 0 Å². The number of esters is 1. The number of aromatic nitrogens is 2. The lowest BCUT2D eigenvalue weighted by Gasteiger charge is -2.38. The first-order valence-corrected chi connectivity index (χ1v) is 14.8. The van der Waals surface area contributed by atoms with E-state index in [0.717, 1.165) is 5.56 Å². The Bertz CT molecular complexity index is 1830. The lowest BCUT2D eigenvalue weighted by atomic mass is 10.00. The van der Waals surface area contributed by atoms with E-state index in [1.54, 1.807) is 36.5 Å². The highest BCUT2D eigenvalue weighted by Gasteiger charge is 2.35. The molecule has 0 spiro atoms. The maximum atomic E-state index is 14.7. The van der Waals surface area contributed by atoms with Crippen molar-refractivity contribution in [3.63, 3.8) is 0 Å². The number of halogens is 1. The number of pyridine rings is 2. The van der Waals surface area contributed by atoms with Gasteiger partial charge >= 0.3 is 5.97 Å². The summed E-state index contributed by atoms with van der Waals surface area (Å²) in [4.78, 5) is 61.4. The first-order valence-electron chi connectivity index (χ1n) is 14.8. The Morgan fingerprint density at radius 3 is 2.64 bits per heavy atom. The van der Waals surface area contributed by atoms with Gasteiger partial charge in [0.25, 0.3) is 17.7 Å². The van der Waals surface area contributed by atoms with E-state index in [9.17, 15) is 23.6 Å². The average Bonchev–Trinajstić information content (AvgIpc) is 3.09. The van der Waals surface area contributed by atoms with Crippen LogP contribution in [0.15, 0.2) is 79.3 Å². The summed E-state index contributed by atoms with van der Waals surface area (Å²) >= 11 is 0. The molecule has 47 heavy (non-hydrogen) atoms. The molecule has 2 N–H and O–H groups in total. The van der Waals surface area contributed by atoms with Crippen molar-refractivity contribution in [2.75, 3.05) is 26.8 Å². The molecule has 2 atom stereocenters. The Labute approximate surface area is 268 Å². The van der Waals surface area contributed by atoms with Crippen molar-refractivity contribution >= 4 is 23.7 Å². The molecule has 6 rings (SSSR count). The number of fused-ring (bicyclic) bond motifs is 8. The second kappa shape index (κ2) is 13.6. The van der Waals surface area contributed by atoms with Crippen molar-refractivity contribution in [1.29, 1.82) is 0 Å². The predicted molar refractivity (Wildman–Crippen MR) is 165 cm³/mol. The predicted octanol–water partition coefficient (Wildman–Crippen LogP) is 3.17. The maximum Gasteiger partial charge on any atom is 0.339 e. The van der Waals surface area contributed by atoms with Gasteiger partial charge in [-0.05, 0) is 53.6 Å². The number of carbonyl (C=O) groups is 4. The molecule has 0 aliphatic carbocycles. The number of hydrogen-bond donors (Lipinski definition) is 2. The summed E-state index contributed by atoms with van der Waals surface area (Å²) in [6.45, 7) is 0.0811. The number of amides is 3. The number of nitrogens with zero attached hydrogens (tertiary/aromatic N) is 3. The van der Waals surface area contributed by atoms with Gasteiger partial charge in [0.2, 0.25) is 0 Å². The SMILES string of the molecule is COC(=O)c1ccc(C(=O)N2CC[C@@H]3Oc4cc(F)cc(c4)CNC(=O)COc4cccc(c4)-c4cncc(c4)C(=O)N[C@@H]3C2)nc1. The molecule has 0 radical (unpaired) electrons. The maximum absolute atomic E-state index is 14.7. The molecule has 6 bridgehead atoms. The Morgan fingerprint density at radius 1 is 0.979 bits per heavy atom. The molecule has 12 nitrogen and oxygen atoms in total. The number of nitrogens with one attached hydrogen (secondary N) is 2. The number of ether oxygens (including phenoxy) is 3. The van der Waals surface area contributed by atoms with Gasteiger partial charge in [0.05, 0.1) is 24.3 Å². The van der Waals surface area contributed by atoms with Crippen LogP contribution in [0.5, 0.6) is 11.5 Å². The number of hydrogen-bond acceptors (Lipinski definition) is 9. The standard InChI is InChI=1S/C34H30FN5O7/c1-45-34(44)22-5-6-28(37-17-22)33(43)40-8-7-30-29(18-40)39-32(42)24-11-23(15-36-16-24)21-3-2-4-26(12-21)46-19-31(41)38-14-20-9-25(35)13-27(10-20)47-30/h2-6,9-13,15-17,29-30H,7-8,14,18-19H2,1H3,(H,38,41)(H,39,42)/t29-,30+/m1/s1. The van der Waals surface area contributed by atoms with Crippen molar-refractivity contribution < 1.29 is 37.8 Å². The van der Waals surface area contributed by atoms with Crippen LogP contribution in [0.25, 0.3) is 11.1 Å². The highest BCUT2D eigenvalue weighted by atomic mass is 19.1. The van der Waals surface area contributed by atoms with Crippen LogP contribution < -0.4 is 20.1 Å². The van der Waals surface area contributed by atoms with Gasteiger partial charge in [0.15, 0.2) is 6.61 Å². The third kappa shape index (κ3) is 7.35. The Hall–Kier alpha value is -5.85. The lowest BCUT2D eigenvalue weighted by molar-refractivity contribution is -0.123. The molecule has 2 aromatic carbocycles. The minimum Gasteiger partial charge on any atom is -0.488 e. The number of rotatable bonds is 2. The summed E-state index contributed by atoms with van der Waals surface area (Å²) in [5.41, 5.74) is 2.40. The summed E-state index contributed by atoms with van der Waals surface area (Å²) in [7, 11) is 1.25. The normalized spacial score (nSPS) is 18.0. The van der Waals surface area contributed by atoms with Crippen molar-refractivity contribution in [3.8, 4) is 22.6 Å². The number of likely N-dealkylation sites (tertiary alicyclic amines) is 1. The van der Waals surface area contributed by atoms with Gasteiger partial charge in [0.1, 0.15) is 29.1 Å². The Morgan fingerprint density at radius 2 is 1.83 bits per heavy atom. The van der Waals surface area contributed by atoms with Gasteiger partial charge in [0, 0.05) is 56.3 Å². The van der Waals surface area contributed by atoms with E-state index < -0.39 is 41.7 Å². The summed E-state index contributed by atoms with van der Waals surface area (Å²) < 4.78 is 31.3. The fourth-order valence-electron chi connectivity index (χ4n) is 5.42. The van der Waals surface area contributed by atoms with Gasteiger partial charge in [-0.3, -0.25) is 24.4 Å². The summed E-state index contributed by atoms with van der Waals surface area (Å²) in [6, 6.07) is 15.0. The fourth-order valence-corrected chi connectivity index (χ4v) is 5.42. The molecule has 2 aliphatic rings. The number of piperidine rings is 1. The molecule has 4 aromatic rings. The minimum absolute atomic E-state index is 0.0305. The van der Waals surface area contributed by atoms with Gasteiger partial charge in [-0.2, -0.15) is 0 Å². The largest absolute Gasteiger partial charge is 0.488 e. The zero-order valence-corrected chi connectivity index (χ0v) is 25.3. The summed E-state index contributed by atoms with van der Waals surface area (Å²) in [6.07, 6.45) is 3.95. The molecule has 0 saturated carbocycles. The van der Waals surface area contributed by atoms with Gasteiger partial charge in [-0.25, -0.2) is 9.18 Å². The van der Waals surface area contributed by atoms with Crippen molar-refractivity contribution in [2.45, 2.75) is 25.1 Å². The molecule has 1 saturated heterocycles. The minimum atomic E-state index is -0.719. The summed E-state index contributed by atoms with van der Waals surface area (Å²) in [5.74, 6) is -1.75. The van der Waals surface area contributed by atoms with E-state index >= 15 is 0 Å². The van der Waals surface area contributed by atoms with E-state index in [2.05, 4.69) is 20.6 Å². The van der Waals surface area contributed by atoms with Crippen LogP contribution in [0.3, 0.4) is 0 Å². The molecule has 2 aromatic heterocycles. The van der Waals surface area contributed by atoms with Gasteiger partial charge < -0.3 is 29.7 Å². The van der Waals surface area contributed by atoms with Crippen LogP contribution in [0, 0.1) is 5.82 Å². The number of carbonyl (C=O) groups excluding carboxylic acids is 4. The van der Waals surface area contributed by atoms with Crippen molar-refractivity contribution in [2.24, 2.45) is 0 Å². The molecule has 4 heterocycles. The molecule has 2 aliphatic heterocycles. The fraction of sp³-hybridized carbons (Fsp3) is 0.235. The van der Waals surface area contributed by atoms with E-state index in [1.807, 2.05) is 6.07 Å². The van der Waals surface area contributed by atoms with E-state index in [1.165, 1.54) is 48.7 Å². The van der Waals surface area contributed by atoms with Crippen LogP contribution in [-0.2, 0) is 16.1 Å². The van der Waals surface area contributed by atoms with Crippen LogP contribution in [0.1, 0.15) is 43.2 Å². The molecule has 3 amide bonds. The van der Waals surface area contributed by atoms with Crippen molar-refractivity contribution in [1.82, 2.24) is 25.5 Å². The zero-order chi connectivity index (χ0) is 32.9. The number of benzene rings is 2. The number of methoxy groups -OCH3 is 1. The van der Waals surface area contributed by atoms with Crippen LogP contribution in [0.4, 0.5) is 4.39 Å². The van der Waals surface area contributed by atoms with Crippen molar-refractivity contribution in [3.05, 3.63) is 107 Å². The molecule has 13 heteroatoms. The lowest BCUT2D eigenvalue weighted by Crippen LogP contribution is -2.58. The Kier molecular flexibility index (Phi) is 9.04. The molecular weight excluding hydrogens is 609 g/mol. The smallest absolute Gasteiger partial charge is 0.339 e. The molecule has 240 valence electrons. The average molecular weight is 640 g/mol. The molecule has 1 fully saturated rings. The van der Waals surface area contributed by atoms with E-state index in [-0.39, 0.29) is 48.8 Å². The summed E-state index contributed by atoms with van der Waals surface area (Å²) in [5, 5.41) is 5.72.